The van der Waals surface area contributed by atoms with E-state index in [4.69, 9.17) is 4.74 Å². The summed E-state index contributed by atoms with van der Waals surface area (Å²) in [4.78, 5) is 0. The molecule has 1 saturated carbocycles. The molecule has 0 bridgehead atoms. The molecule has 1 aliphatic heterocycles. The molecule has 2 heteroatoms. The van der Waals surface area contributed by atoms with E-state index in [9.17, 15) is 5.11 Å². The van der Waals surface area contributed by atoms with Crippen LogP contribution in [0.15, 0.2) is 0 Å². The van der Waals surface area contributed by atoms with Crippen LogP contribution in [0.2, 0.25) is 0 Å². The zero-order valence-electron chi connectivity index (χ0n) is 9.82. The highest BCUT2D eigenvalue weighted by atomic mass is 16.5. The largest absolute Gasteiger partial charge is 0.393 e. The number of hydrogen-bond donors (Lipinski definition) is 1. The van der Waals surface area contributed by atoms with Gasteiger partial charge in [0, 0.05) is 13.2 Å². The van der Waals surface area contributed by atoms with Gasteiger partial charge in [-0.15, -0.1) is 0 Å². The Balaban J connectivity index is 1.73. The van der Waals surface area contributed by atoms with E-state index in [0.29, 0.717) is 11.8 Å². The molecule has 0 aromatic heterocycles. The van der Waals surface area contributed by atoms with Gasteiger partial charge in [0.1, 0.15) is 0 Å². The van der Waals surface area contributed by atoms with Crippen LogP contribution in [0.25, 0.3) is 0 Å². The van der Waals surface area contributed by atoms with Gasteiger partial charge < -0.3 is 9.84 Å². The highest BCUT2D eigenvalue weighted by Crippen LogP contribution is 2.35. The van der Waals surface area contributed by atoms with Crippen molar-refractivity contribution in [3.05, 3.63) is 0 Å². The van der Waals surface area contributed by atoms with E-state index in [1.807, 2.05) is 0 Å². The van der Waals surface area contributed by atoms with Crippen LogP contribution in [0.1, 0.15) is 45.4 Å². The molecule has 15 heavy (non-hydrogen) atoms. The average molecular weight is 212 g/mol. The molecule has 1 heterocycles. The molecule has 2 aliphatic rings. The number of hydrogen-bond acceptors (Lipinski definition) is 2. The van der Waals surface area contributed by atoms with Gasteiger partial charge in [-0.05, 0) is 49.9 Å². The number of aliphatic hydroxyl groups is 1. The van der Waals surface area contributed by atoms with Crippen molar-refractivity contribution in [3.63, 3.8) is 0 Å². The minimum absolute atomic E-state index is 0.0435. The van der Waals surface area contributed by atoms with E-state index in [1.54, 1.807) is 0 Å². The maximum Gasteiger partial charge on any atom is 0.0571 e. The molecular weight excluding hydrogens is 188 g/mol. The zero-order valence-corrected chi connectivity index (χ0v) is 9.82. The lowest BCUT2D eigenvalue weighted by molar-refractivity contribution is 0.0279. The normalized spacial score (nSPS) is 35.6. The second-order valence-corrected chi connectivity index (χ2v) is 5.54. The van der Waals surface area contributed by atoms with Gasteiger partial charge in [-0.3, -0.25) is 0 Å². The maximum atomic E-state index is 10.2. The first kappa shape index (κ1) is 11.4. The van der Waals surface area contributed by atoms with Crippen LogP contribution < -0.4 is 0 Å². The summed E-state index contributed by atoms with van der Waals surface area (Å²) in [5.74, 6) is 2.13. The lowest BCUT2D eigenvalue weighted by Gasteiger charge is -2.27. The topological polar surface area (TPSA) is 29.5 Å². The molecule has 88 valence electrons. The van der Waals surface area contributed by atoms with Crippen molar-refractivity contribution in [2.45, 2.75) is 51.6 Å². The predicted octanol–water partition coefficient (Wildman–Crippen LogP) is 2.60. The molecule has 1 N–H and O–H groups in total. The van der Waals surface area contributed by atoms with E-state index >= 15 is 0 Å². The minimum Gasteiger partial charge on any atom is -0.393 e. The molecule has 0 aromatic carbocycles. The third-order valence-electron chi connectivity index (χ3n) is 4.20. The third-order valence-corrected chi connectivity index (χ3v) is 4.20. The van der Waals surface area contributed by atoms with E-state index in [2.05, 4.69) is 6.92 Å². The van der Waals surface area contributed by atoms with Crippen molar-refractivity contribution in [1.29, 1.82) is 0 Å². The summed E-state index contributed by atoms with van der Waals surface area (Å²) in [6, 6.07) is 0. The Labute approximate surface area is 93.0 Å². The van der Waals surface area contributed by atoms with E-state index in [0.717, 1.165) is 38.4 Å². The monoisotopic (exact) mass is 212 g/mol. The quantitative estimate of drug-likeness (QED) is 0.779. The van der Waals surface area contributed by atoms with Gasteiger partial charge in [-0.25, -0.2) is 0 Å². The van der Waals surface area contributed by atoms with Crippen LogP contribution in [-0.4, -0.2) is 24.4 Å². The summed E-state index contributed by atoms with van der Waals surface area (Å²) in [6.07, 6.45) is 7.07. The summed E-state index contributed by atoms with van der Waals surface area (Å²) >= 11 is 0. The standard InChI is InChI=1S/C13H24O2/c1-10-2-3-12(8-10)13(14)9-11-4-6-15-7-5-11/h10-14H,2-9H2,1H3. The summed E-state index contributed by atoms with van der Waals surface area (Å²) in [6.45, 7) is 4.11. The fourth-order valence-electron chi connectivity index (χ4n) is 3.12. The van der Waals surface area contributed by atoms with Crippen molar-refractivity contribution < 1.29 is 9.84 Å². The zero-order chi connectivity index (χ0) is 10.7. The van der Waals surface area contributed by atoms with Crippen molar-refractivity contribution in [1.82, 2.24) is 0 Å². The Hall–Kier alpha value is -0.0800. The van der Waals surface area contributed by atoms with Gasteiger partial charge >= 0.3 is 0 Å². The molecule has 2 fully saturated rings. The summed E-state index contributed by atoms with van der Waals surface area (Å²) in [5.41, 5.74) is 0. The number of rotatable bonds is 3. The molecule has 1 aliphatic carbocycles. The highest BCUT2D eigenvalue weighted by molar-refractivity contribution is 4.80. The third kappa shape index (κ3) is 3.18. The van der Waals surface area contributed by atoms with Crippen molar-refractivity contribution in [2.24, 2.45) is 17.8 Å². The number of aliphatic hydroxyl groups excluding tert-OH is 1. The molecular formula is C13H24O2. The fraction of sp³-hybridized carbons (Fsp3) is 1.00. The van der Waals surface area contributed by atoms with Gasteiger partial charge in [0.2, 0.25) is 0 Å². The minimum atomic E-state index is -0.0435. The lowest BCUT2D eigenvalue weighted by Crippen LogP contribution is -2.25. The van der Waals surface area contributed by atoms with E-state index in [-0.39, 0.29) is 6.10 Å². The molecule has 0 amide bonds. The molecule has 3 unspecified atom stereocenters. The lowest BCUT2D eigenvalue weighted by atomic mass is 9.87. The van der Waals surface area contributed by atoms with Crippen LogP contribution in [0.4, 0.5) is 0 Å². The first-order valence-electron chi connectivity index (χ1n) is 6.51. The number of ether oxygens (including phenoxy) is 1. The molecule has 2 nitrogen and oxygen atoms in total. The van der Waals surface area contributed by atoms with Crippen LogP contribution in [-0.2, 0) is 4.74 Å². The Kier molecular flexibility index (Phi) is 4.04. The second kappa shape index (κ2) is 5.31. The molecule has 0 aromatic rings. The van der Waals surface area contributed by atoms with Crippen LogP contribution in [0, 0.1) is 17.8 Å². The molecule has 0 spiro atoms. The van der Waals surface area contributed by atoms with E-state index in [1.165, 1.54) is 19.3 Å². The first-order chi connectivity index (χ1) is 7.25. The van der Waals surface area contributed by atoms with Crippen molar-refractivity contribution >= 4 is 0 Å². The highest BCUT2D eigenvalue weighted by Gasteiger charge is 2.29. The van der Waals surface area contributed by atoms with E-state index < -0.39 is 0 Å². The first-order valence-corrected chi connectivity index (χ1v) is 6.51. The molecule has 0 radical (unpaired) electrons. The van der Waals surface area contributed by atoms with Gasteiger partial charge in [0.05, 0.1) is 6.10 Å². The van der Waals surface area contributed by atoms with Crippen molar-refractivity contribution in [2.75, 3.05) is 13.2 Å². The van der Waals surface area contributed by atoms with Crippen LogP contribution in [0.5, 0.6) is 0 Å². The predicted molar refractivity (Wildman–Crippen MR) is 60.7 cm³/mol. The van der Waals surface area contributed by atoms with Gasteiger partial charge in [0.15, 0.2) is 0 Å². The van der Waals surface area contributed by atoms with Gasteiger partial charge in [-0.2, -0.15) is 0 Å². The Bertz CT molecular complexity index is 187. The Morgan fingerprint density at radius 1 is 1.20 bits per heavy atom. The fourth-order valence-corrected chi connectivity index (χ4v) is 3.12. The maximum absolute atomic E-state index is 10.2. The van der Waals surface area contributed by atoms with Crippen LogP contribution >= 0.6 is 0 Å². The van der Waals surface area contributed by atoms with Crippen LogP contribution in [0.3, 0.4) is 0 Å². The SMILES string of the molecule is CC1CCC(C(O)CC2CCOCC2)C1. The summed E-state index contributed by atoms with van der Waals surface area (Å²) < 4.78 is 5.34. The van der Waals surface area contributed by atoms with Gasteiger partial charge in [0.25, 0.3) is 0 Å². The van der Waals surface area contributed by atoms with Crippen molar-refractivity contribution in [3.8, 4) is 0 Å². The Morgan fingerprint density at radius 3 is 2.53 bits per heavy atom. The Morgan fingerprint density at radius 2 is 1.93 bits per heavy atom. The summed E-state index contributed by atoms with van der Waals surface area (Å²) in [7, 11) is 0. The average Bonchev–Trinajstić information content (AvgIpc) is 2.66. The summed E-state index contributed by atoms with van der Waals surface area (Å²) in [5, 5.41) is 10.2. The van der Waals surface area contributed by atoms with Gasteiger partial charge in [-0.1, -0.05) is 13.3 Å². The smallest absolute Gasteiger partial charge is 0.0571 e. The molecule has 1 saturated heterocycles. The second-order valence-electron chi connectivity index (χ2n) is 5.54. The molecule has 3 atom stereocenters. The molecule has 2 rings (SSSR count).